The molecule has 0 radical (unpaired) electrons. The van der Waals surface area contributed by atoms with Crippen molar-refractivity contribution in [1.29, 1.82) is 0 Å². The van der Waals surface area contributed by atoms with Gasteiger partial charge in [0, 0.05) is 6.20 Å². The predicted octanol–water partition coefficient (Wildman–Crippen LogP) is 2.60. The Morgan fingerprint density at radius 2 is 2.16 bits per heavy atom. The summed E-state index contributed by atoms with van der Waals surface area (Å²) in [7, 11) is 0. The lowest BCUT2D eigenvalue weighted by Crippen LogP contribution is -2.04. The Hall–Kier alpha value is -2.25. The molecule has 0 amide bonds. The van der Waals surface area contributed by atoms with Crippen molar-refractivity contribution < 1.29 is 22.7 Å². The lowest BCUT2D eigenvalue weighted by atomic mass is 10.2. The number of ether oxygens (including phenoxy) is 1. The zero-order chi connectivity index (χ0) is 14.0. The van der Waals surface area contributed by atoms with Crippen LogP contribution in [-0.4, -0.2) is 27.8 Å². The molecule has 2 aromatic rings. The number of hydrogen-bond donors (Lipinski definition) is 2. The van der Waals surface area contributed by atoms with Gasteiger partial charge in [-0.3, -0.25) is 5.10 Å². The highest BCUT2D eigenvalue weighted by Gasteiger charge is 2.33. The molecule has 0 saturated heterocycles. The smallest absolute Gasteiger partial charge is 0.432 e. The number of aromatic amines is 2. The van der Waals surface area contributed by atoms with Gasteiger partial charge in [0.2, 0.25) is 0 Å². The quantitative estimate of drug-likeness (QED) is 0.844. The first kappa shape index (κ1) is 13.2. The molecule has 0 aliphatic carbocycles. The molecular weight excluding hydrogens is 263 g/mol. The highest BCUT2D eigenvalue weighted by molar-refractivity contribution is 5.90. The van der Waals surface area contributed by atoms with E-state index >= 15 is 0 Å². The normalized spacial score (nSPS) is 11.6. The van der Waals surface area contributed by atoms with E-state index in [4.69, 9.17) is 4.74 Å². The van der Waals surface area contributed by atoms with Gasteiger partial charge < -0.3 is 9.72 Å². The van der Waals surface area contributed by atoms with Crippen LogP contribution in [-0.2, 0) is 10.9 Å². The van der Waals surface area contributed by atoms with E-state index in [9.17, 15) is 18.0 Å². The molecule has 0 aliphatic heterocycles. The molecule has 0 aliphatic rings. The molecule has 2 rings (SSSR count). The number of halogens is 3. The molecule has 2 N–H and O–H groups in total. The van der Waals surface area contributed by atoms with Gasteiger partial charge in [-0.15, -0.1) is 0 Å². The van der Waals surface area contributed by atoms with Crippen LogP contribution in [0.3, 0.4) is 0 Å². The molecule has 2 heterocycles. The van der Waals surface area contributed by atoms with E-state index in [1.54, 1.807) is 6.92 Å². The van der Waals surface area contributed by atoms with Gasteiger partial charge in [0.15, 0.2) is 0 Å². The van der Waals surface area contributed by atoms with Gasteiger partial charge in [-0.2, -0.15) is 18.3 Å². The Morgan fingerprint density at radius 3 is 2.74 bits per heavy atom. The molecule has 0 saturated carbocycles. The molecule has 0 aromatic carbocycles. The van der Waals surface area contributed by atoms with Crippen LogP contribution in [0.1, 0.15) is 23.0 Å². The van der Waals surface area contributed by atoms with Crippen LogP contribution in [0.4, 0.5) is 13.2 Å². The number of nitrogens with zero attached hydrogens (tertiary/aromatic N) is 1. The molecule has 8 heteroatoms. The minimum absolute atomic E-state index is 0.0721. The number of esters is 1. The molecule has 5 nitrogen and oxygen atoms in total. The Kier molecular flexibility index (Phi) is 3.32. The van der Waals surface area contributed by atoms with Crippen molar-refractivity contribution in [3.63, 3.8) is 0 Å². The van der Waals surface area contributed by atoms with Crippen LogP contribution in [0.15, 0.2) is 18.3 Å². The first-order chi connectivity index (χ1) is 8.91. The first-order valence-corrected chi connectivity index (χ1v) is 5.40. The predicted molar refractivity (Wildman–Crippen MR) is 59.3 cm³/mol. The number of rotatable bonds is 3. The van der Waals surface area contributed by atoms with E-state index in [1.165, 1.54) is 12.3 Å². The molecule has 0 bridgehead atoms. The zero-order valence-electron chi connectivity index (χ0n) is 9.84. The van der Waals surface area contributed by atoms with Crippen molar-refractivity contribution in [2.45, 2.75) is 13.1 Å². The van der Waals surface area contributed by atoms with Crippen molar-refractivity contribution in [3.05, 3.63) is 29.6 Å². The second-order valence-electron chi connectivity index (χ2n) is 3.69. The summed E-state index contributed by atoms with van der Waals surface area (Å²) >= 11 is 0. The summed E-state index contributed by atoms with van der Waals surface area (Å²) < 4.78 is 42.0. The number of alkyl halides is 3. The van der Waals surface area contributed by atoms with Crippen LogP contribution >= 0.6 is 0 Å². The SMILES string of the molecule is CCOC(=O)c1c[nH]c(-c2cc(C(F)(F)F)[nH]n2)c1. The monoisotopic (exact) mass is 273 g/mol. The molecule has 0 atom stereocenters. The molecule has 2 aromatic heterocycles. The molecule has 0 fully saturated rings. The fourth-order valence-electron chi connectivity index (χ4n) is 1.48. The van der Waals surface area contributed by atoms with E-state index in [0.717, 1.165) is 6.07 Å². The van der Waals surface area contributed by atoms with Gasteiger partial charge >= 0.3 is 12.1 Å². The standard InChI is InChI=1S/C11H10F3N3O2/c1-2-19-10(18)6-3-7(15-5-6)8-4-9(17-16-8)11(12,13)14/h3-5,15H,2H2,1H3,(H,16,17). The zero-order valence-corrected chi connectivity index (χ0v) is 9.84. The van der Waals surface area contributed by atoms with E-state index in [2.05, 4.69) is 10.1 Å². The summed E-state index contributed by atoms with van der Waals surface area (Å²) in [6, 6.07) is 2.25. The van der Waals surface area contributed by atoms with Crippen molar-refractivity contribution in [2.75, 3.05) is 6.61 Å². The first-order valence-electron chi connectivity index (χ1n) is 5.40. The van der Waals surface area contributed by atoms with Crippen molar-refractivity contribution in [2.24, 2.45) is 0 Å². The van der Waals surface area contributed by atoms with Crippen LogP contribution in [0.2, 0.25) is 0 Å². The Bertz CT molecular complexity index is 586. The fourth-order valence-corrected chi connectivity index (χ4v) is 1.48. The third-order valence-corrected chi connectivity index (χ3v) is 2.35. The molecule has 0 spiro atoms. The Balaban J connectivity index is 2.23. The van der Waals surface area contributed by atoms with Gasteiger partial charge in [0.05, 0.1) is 17.9 Å². The van der Waals surface area contributed by atoms with Gasteiger partial charge in [0.25, 0.3) is 0 Å². The van der Waals surface area contributed by atoms with Crippen LogP contribution in [0.5, 0.6) is 0 Å². The minimum Gasteiger partial charge on any atom is -0.462 e. The van der Waals surface area contributed by atoms with Gasteiger partial charge in [-0.1, -0.05) is 0 Å². The number of hydrogen-bond acceptors (Lipinski definition) is 3. The van der Waals surface area contributed by atoms with Crippen molar-refractivity contribution in [3.8, 4) is 11.4 Å². The number of H-pyrrole nitrogens is 2. The number of carbonyl (C=O) groups excluding carboxylic acids is 1. The number of nitrogens with one attached hydrogen (secondary N) is 2. The van der Waals surface area contributed by atoms with E-state index in [1.807, 2.05) is 5.10 Å². The van der Waals surface area contributed by atoms with Crippen LogP contribution in [0, 0.1) is 0 Å². The highest BCUT2D eigenvalue weighted by atomic mass is 19.4. The second-order valence-corrected chi connectivity index (χ2v) is 3.69. The third kappa shape index (κ3) is 2.78. The fraction of sp³-hybridized carbons (Fsp3) is 0.273. The maximum absolute atomic E-state index is 12.4. The molecular formula is C11H10F3N3O2. The van der Waals surface area contributed by atoms with Gasteiger partial charge in [-0.05, 0) is 19.1 Å². The number of carbonyl (C=O) groups is 1. The summed E-state index contributed by atoms with van der Waals surface area (Å²) in [6.45, 7) is 1.88. The van der Waals surface area contributed by atoms with E-state index in [-0.39, 0.29) is 17.9 Å². The molecule has 102 valence electrons. The Labute approximate surface area is 105 Å². The number of aromatic nitrogens is 3. The van der Waals surface area contributed by atoms with Gasteiger partial charge in [0.1, 0.15) is 11.4 Å². The van der Waals surface area contributed by atoms with Crippen LogP contribution < -0.4 is 0 Å². The second kappa shape index (κ2) is 4.79. The lowest BCUT2D eigenvalue weighted by molar-refractivity contribution is -0.141. The summed E-state index contributed by atoms with van der Waals surface area (Å²) in [4.78, 5) is 14.1. The average Bonchev–Trinajstić information content (AvgIpc) is 2.97. The van der Waals surface area contributed by atoms with E-state index < -0.39 is 17.8 Å². The highest BCUT2D eigenvalue weighted by Crippen LogP contribution is 2.30. The minimum atomic E-state index is -4.48. The van der Waals surface area contributed by atoms with Gasteiger partial charge in [-0.25, -0.2) is 4.79 Å². The maximum Gasteiger partial charge on any atom is 0.432 e. The molecule has 19 heavy (non-hydrogen) atoms. The largest absolute Gasteiger partial charge is 0.462 e. The Morgan fingerprint density at radius 1 is 1.42 bits per heavy atom. The third-order valence-electron chi connectivity index (χ3n) is 2.35. The van der Waals surface area contributed by atoms with Crippen molar-refractivity contribution >= 4 is 5.97 Å². The topological polar surface area (TPSA) is 70.8 Å². The van der Waals surface area contributed by atoms with E-state index in [0.29, 0.717) is 5.69 Å². The van der Waals surface area contributed by atoms with Crippen molar-refractivity contribution in [1.82, 2.24) is 15.2 Å². The van der Waals surface area contributed by atoms with Crippen LogP contribution in [0.25, 0.3) is 11.4 Å². The summed E-state index contributed by atoms with van der Waals surface area (Å²) in [5, 5.41) is 5.44. The average molecular weight is 273 g/mol. The summed E-state index contributed by atoms with van der Waals surface area (Å²) in [6.07, 6.45) is -3.13. The summed E-state index contributed by atoms with van der Waals surface area (Å²) in [5.41, 5.74) is -0.346. The molecule has 0 unspecified atom stereocenters. The maximum atomic E-state index is 12.4. The lowest BCUT2D eigenvalue weighted by Gasteiger charge is -1.99. The summed E-state index contributed by atoms with van der Waals surface area (Å²) in [5.74, 6) is -0.545.